The fraction of sp³-hybridized carbons (Fsp3) is 1.00. The van der Waals surface area contributed by atoms with E-state index < -0.39 is 0 Å². The summed E-state index contributed by atoms with van der Waals surface area (Å²) in [5, 5.41) is 0. The van der Waals surface area contributed by atoms with Gasteiger partial charge in [0.25, 0.3) is 0 Å². The topological polar surface area (TPSA) is 0 Å². The quantitative estimate of drug-likeness (QED) is 0.446. The molecule has 0 saturated carbocycles. The smallest absolute Gasteiger partial charge is 0.0394 e. The van der Waals surface area contributed by atoms with Gasteiger partial charge in [0.2, 0.25) is 0 Å². The molecule has 0 fully saturated rings. The highest BCUT2D eigenvalue weighted by atomic mass is 14.2. The summed E-state index contributed by atoms with van der Waals surface area (Å²) in [6.45, 7) is 19.2. The van der Waals surface area contributed by atoms with E-state index in [9.17, 15) is 0 Å². The van der Waals surface area contributed by atoms with E-state index in [0.29, 0.717) is 0 Å². The SMILES string of the molecule is CC(C)CCC(C)C(C)CCC(C)C(C)C(C)C. The van der Waals surface area contributed by atoms with Crippen molar-refractivity contribution in [1.82, 2.24) is 0 Å². The first-order valence-corrected chi connectivity index (χ1v) is 8.25. The van der Waals surface area contributed by atoms with Crippen LogP contribution in [0.1, 0.15) is 81.1 Å². The minimum Gasteiger partial charge on any atom is -0.0628 e. The summed E-state index contributed by atoms with van der Waals surface area (Å²) >= 11 is 0. The van der Waals surface area contributed by atoms with Crippen molar-refractivity contribution in [1.29, 1.82) is 0 Å². The van der Waals surface area contributed by atoms with E-state index in [1.807, 2.05) is 0 Å². The Morgan fingerprint density at radius 1 is 0.500 bits per heavy atom. The van der Waals surface area contributed by atoms with Crippen LogP contribution in [0.15, 0.2) is 0 Å². The molecule has 0 nitrogen and oxygen atoms in total. The van der Waals surface area contributed by atoms with Crippen LogP contribution >= 0.6 is 0 Å². The lowest BCUT2D eigenvalue weighted by atomic mass is 9.79. The van der Waals surface area contributed by atoms with Gasteiger partial charge in [-0.3, -0.25) is 0 Å². The number of hydrogen-bond acceptors (Lipinski definition) is 0. The Balaban J connectivity index is 3.90. The largest absolute Gasteiger partial charge is 0.0628 e. The monoisotopic (exact) mass is 254 g/mol. The van der Waals surface area contributed by atoms with E-state index in [4.69, 9.17) is 0 Å². The Morgan fingerprint density at radius 3 is 1.28 bits per heavy atom. The molecule has 0 heteroatoms. The van der Waals surface area contributed by atoms with Gasteiger partial charge >= 0.3 is 0 Å². The van der Waals surface area contributed by atoms with E-state index in [2.05, 4.69) is 55.4 Å². The highest BCUT2D eigenvalue weighted by Crippen LogP contribution is 2.29. The summed E-state index contributed by atoms with van der Waals surface area (Å²) in [5.74, 6) is 5.22. The molecular formula is C18H38. The van der Waals surface area contributed by atoms with Crippen molar-refractivity contribution in [3.8, 4) is 0 Å². The van der Waals surface area contributed by atoms with Gasteiger partial charge in [0, 0.05) is 0 Å². The fourth-order valence-corrected chi connectivity index (χ4v) is 2.61. The molecule has 0 radical (unpaired) electrons. The van der Waals surface area contributed by atoms with Crippen molar-refractivity contribution in [2.45, 2.75) is 81.1 Å². The van der Waals surface area contributed by atoms with Crippen LogP contribution in [-0.2, 0) is 0 Å². The van der Waals surface area contributed by atoms with Crippen molar-refractivity contribution in [3.05, 3.63) is 0 Å². The van der Waals surface area contributed by atoms with Crippen LogP contribution in [0.2, 0.25) is 0 Å². The molecule has 0 bridgehead atoms. The molecule has 4 unspecified atom stereocenters. The fourth-order valence-electron chi connectivity index (χ4n) is 2.61. The predicted octanol–water partition coefficient (Wildman–Crippen LogP) is 6.40. The second-order valence-corrected chi connectivity index (χ2v) is 7.58. The van der Waals surface area contributed by atoms with Gasteiger partial charge in [-0.15, -0.1) is 0 Å². The summed E-state index contributed by atoms with van der Waals surface area (Å²) in [7, 11) is 0. The molecule has 0 aliphatic heterocycles. The lowest BCUT2D eigenvalue weighted by Gasteiger charge is -2.26. The molecule has 0 aromatic rings. The third-order valence-corrected chi connectivity index (χ3v) is 5.20. The standard InChI is InChI=1S/C18H38/c1-13(2)9-10-15(5)16(6)11-12-17(7)18(8)14(3)4/h13-18H,9-12H2,1-8H3. The molecule has 0 rings (SSSR count). The summed E-state index contributed by atoms with van der Waals surface area (Å²) in [5.41, 5.74) is 0. The predicted molar refractivity (Wildman–Crippen MR) is 84.8 cm³/mol. The molecule has 0 spiro atoms. The van der Waals surface area contributed by atoms with Gasteiger partial charge in [-0.2, -0.15) is 0 Å². The van der Waals surface area contributed by atoms with Gasteiger partial charge in [0.15, 0.2) is 0 Å². The van der Waals surface area contributed by atoms with E-state index in [0.717, 1.165) is 35.5 Å². The van der Waals surface area contributed by atoms with Crippen LogP contribution in [0.5, 0.6) is 0 Å². The van der Waals surface area contributed by atoms with Crippen LogP contribution < -0.4 is 0 Å². The average molecular weight is 255 g/mol. The molecule has 0 N–H and O–H groups in total. The van der Waals surface area contributed by atoms with Gasteiger partial charge in [-0.25, -0.2) is 0 Å². The number of hydrogen-bond donors (Lipinski definition) is 0. The number of rotatable bonds is 9. The molecule has 0 saturated heterocycles. The second-order valence-electron chi connectivity index (χ2n) is 7.58. The van der Waals surface area contributed by atoms with E-state index >= 15 is 0 Å². The molecule has 4 atom stereocenters. The summed E-state index contributed by atoms with van der Waals surface area (Å²) in [6, 6.07) is 0. The second kappa shape index (κ2) is 8.99. The Hall–Kier alpha value is 0. The molecule has 0 amide bonds. The van der Waals surface area contributed by atoms with E-state index in [1.54, 1.807) is 0 Å². The van der Waals surface area contributed by atoms with Crippen LogP contribution in [-0.4, -0.2) is 0 Å². The Bertz CT molecular complexity index is 192. The van der Waals surface area contributed by atoms with E-state index in [1.165, 1.54) is 25.7 Å². The first kappa shape index (κ1) is 18.0. The van der Waals surface area contributed by atoms with Crippen molar-refractivity contribution in [3.63, 3.8) is 0 Å². The zero-order chi connectivity index (χ0) is 14.3. The lowest BCUT2D eigenvalue weighted by Crippen LogP contribution is -2.17. The maximum absolute atomic E-state index is 2.46. The van der Waals surface area contributed by atoms with Crippen LogP contribution in [0.3, 0.4) is 0 Å². The summed E-state index contributed by atoms with van der Waals surface area (Å²) < 4.78 is 0. The summed E-state index contributed by atoms with van der Waals surface area (Å²) in [6.07, 6.45) is 5.63. The first-order chi connectivity index (χ1) is 8.25. The molecule has 0 aliphatic rings. The van der Waals surface area contributed by atoms with Gasteiger partial charge in [-0.05, 0) is 35.5 Å². The molecule has 0 aliphatic carbocycles. The van der Waals surface area contributed by atoms with Gasteiger partial charge < -0.3 is 0 Å². The lowest BCUT2D eigenvalue weighted by molar-refractivity contribution is 0.241. The van der Waals surface area contributed by atoms with Crippen molar-refractivity contribution >= 4 is 0 Å². The molecule has 18 heavy (non-hydrogen) atoms. The average Bonchev–Trinajstić information content (AvgIpc) is 2.30. The highest BCUT2D eigenvalue weighted by molar-refractivity contribution is 4.69. The third kappa shape index (κ3) is 7.44. The van der Waals surface area contributed by atoms with Crippen LogP contribution in [0.4, 0.5) is 0 Å². The highest BCUT2D eigenvalue weighted by Gasteiger charge is 2.18. The molecule has 0 aromatic heterocycles. The molecular weight excluding hydrogens is 216 g/mol. The summed E-state index contributed by atoms with van der Waals surface area (Å²) in [4.78, 5) is 0. The maximum Gasteiger partial charge on any atom is -0.0394 e. The van der Waals surface area contributed by atoms with Crippen molar-refractivity contribution in [2.75, 3.05) is 0 Å². The third-order valence-electron chi connectivity index (χ3n) is 5.20. The minimum atomic E-state index is 0.827. The Labute approximate surface area is 117 Å². The Morgan fingerprint density at radius 2 is 0.889 bits per heavy atom. The Kier molecular flexibility index (Phi) is 8.99. The molecule has 0 heterocycles. The van der Waals surface area contributed by atoms with Gasteiger partial charge in [-0.1, -0.05) is 81.1 Å². The first-order valence-electron chi connectivity index (χ1n) is 8.25. The normalized spacial score (nSPS) is 19.0. The maximum atomic E-state index is 2.46. The molecule has 0 aromatic carbocycles. The van der Waals surface area contributed by atoms with Crippen molar-refractivity contribution < 1.29 is 0 Å². The molecule has 110 valence electrons. The zero-order valence-electron chi connectivity index (χ0n) is 14.3. The minimum absolute atomic E-state index is 0.827. The van der Waals surface area contributed by atoms with E-state index in [-0.39, 0.29) is 0 Å². The van der Waals surface area contributed by atoms with Gasteiger partial charge in [0.1, 0.15) is 0 Å². The van der Waals surface area contributed by atoms with Crippen molar-refractivity contribution in [2.24, 2.45) is 35.5 Å². The van der Waals surface area contributed by atoms with Gasteiger partial charge in [0.05, 0.1) is 0 Å². The van der Waals surface area contributed by atoms with Crippen LogP contribution in [0, 0.1) is 35.5 Å². The zero-order valence-corrected chi connectivity index (χ0v) is 14.3. The van der Waals surface area contributed by atoms with Crippen LogP contribution in [0.25, 0.3) is 0 Å².